The zero-order chi connectivity index (χ0) is 20.8. The molecule has 0 unspecified atom stereocenters. The molecule has 2 heterocycles. The molecule has 30 heavy (non-hydrogen) atoms. The van der Waals surface area contributed by atoms with Crippen molar-refractivity contribution in [3.63, 3.8) is 0 Å². The molecule has 0 N–H and O–H groups in total. The summed E-state index contributed by atoms with van der Waals surface area (Å²) in [4.78, 5) is 28.0. The fraction of sp³-hybridized carbons (Fsp3) is 0.0833. The van der Waals surface area contributed by atoms with Gasteiger partial charge in [-0.2, -0.15) is 0 Å². The highest BCUT2D eigenvalue weighted by atomic mass is 19.1. The summed E-state index contributed by atoms with van der Waals surface area (Å²) in [6.07, 6.45) is 0. The number of carbonyl (C=O) groups excluding carboxylic acids is 1. The number of rotatable bonds is 3. The van der Waals surface area contributed by atoms with Gasteiger partial charge in [-0.3, -0.25) is 9.59 Å². The van der Waals surface area contributed by atoms with Crippen LogP contribution < -0.4 is 5.43 Å². The molecule has 0 radical (unpaired) electrons. The van der Waals surface area contributed by atoms with Gasteiger partial charge in [0.1, 0.15) is 17.2 Å². The normalized spacial score (nSPS) is 15.6. The Kier molecular flexibility index (Phi) is 4.20. The highest BCUT2D eigenvalue weighted by Gasteiger charge is 2.42. The van der Waals surface area contributed by atoms with Gasteiger partial charge in [0.25, 0.3) is 5.91 Å². The maximum Gasteiger partial charge on any atom is 0.291 e. The lowest BCUT2D eigenvalue weighted by Gasteiger charge is -2.25. The van der Waals surface area contributed by atoms with Crippen molar-refractivity contribution in [1.29, 1.82) is 0 Å². The summed E-state index contributed by atoms with van der Waals surface area (Å²) in [7, 11) is 0. The van der Waals surface area contributed by atoms with E-state index in [0.29, 0.717) is 5.56 Å². The Hall–Kier alpha value is -3.80. The number of amides is 1. The predicted octanol–water partition coefficient (Wildman–Crippen LogP) is 4.82. The zero-order valence-electron chi connectivity index (χ0n) is 15.6. The van der Waals surface area contributed by atoms with Gasteiger partial charge in [0, 0.05) is 6.54 Å². The highest BCUT2D eigenvalue weighted by molar-refractivity contribution is 5.99. The smallest absolute Gasteiger partial charge is 0.291 e. The van der Waals surface area contributed by atoms with E-state index in [1.165, 1.54) is 35.2 Å². The molecule has 1 aliphatic heterocycles. The molecular formula is C24H15F2NO3. The molecule has 0 bridgehead atoms. The number of halogens is 2. The Morgan fingerprint density at radius 2 is 1.63 bits per heavy atom. The lowest BCUT2D eigenvalue weighted by atomic mass is 9.98. The van der Waals surface area contributed by atoms with Crippen molar-refractivity contribution in [1.82, 2.24) is 4.90 Å². The second-order valence-electron chi connectivity index (χ2n) is 7.19. The lowest BCUT2D eigenvalue weighted by Crippen LogP contribution is -2.29. The molecule has 148 valence electrons. The van der Waals surface area contributed by atoms with E-state index in [9.17, 15) is 18.4 Å². The number of carbonyl (C=O) groups is 1. The van der Waals surface area contributed by atoms with Crippen LogP contribution in [0.15, 0.2) is 82.0 Å². The van der Waals surface area contributed by atoms with Crippen molar-refractivity contribution >= 4 is 16.9 Å². The Labute approximate surface area is 170 Å². The third-order valence-corrected chi connectivity index (χ3v) is 5.29. The molecule has 4 nitrogen and oxygen atoms in total. The van der Waals surface area contributed by atoms with Gasteiger partial charge < -0.3 is 9.32 Å². The van der Waals surface area contributed by atoms with Gasteiger partial charge in [-0.25, -0.2) is 8.78 Å². The van der Waals surface area contributed by atoms with E-state index in [-0.39, 0.29) is 28.8 Å². The van der Waals surface area contributed by atoms with E-state index < -0.39 is 29.0 Å². The van der Waals surface area contributed by atoms with Crippen LogP contribution >= 0.6 is 0 Å². The van der Waals surface area contributed by atoms with E-state index in [1.54, 1.807) is 6.07 Å². The van der Waals surface area contributed by atoms with Gasteiger partial charge >= 0.3 is 0 Å². The van der Waals surface area contributed by atoms with Crippen molar-refractivity contribution in [2.24, 2.45) is 0 Å². The molecule has 1 aromatic heterocycles. The van der Waals surface area contributed by atoms with E-state index >= 15 is 0 Å². The van der Waals surface area contributed by atoms with Gasteiger partial charge in [0.15, 0.2) is 5.43 Å². The molecule has 0 fully saturated rings. The van der Waals surface area contributed by atoms with Gasteiger partial charge in [-0.15, -0.1) is 0 Å². The van der Waals surface area contributed by atoms with Crippen LogP contribution in [0, 0.1) is 11.6 Å². The number of fused-ring (bicyclic) bond motifs is 2. The average molecular weight is 403 g/mol. The van der Waals surface area contributed by atoms with Crippen LogP contribution in [0.3, 0.4) is 0 Å². The maximum absolute atomic E-state index is 14.0. The van der Waals surface area contributed by atoms with Crippen LogP contribution in [0.1, 0.15) is 33.3 Å². The highest BCUT2D eigenvalue weighted by Crippen LogP contribution is 2.39. The first-order valence-electron chi connectivity index (χ1n) is 9.39. The molecule has 3 aromatic carbocycles. The quantitative estimate of drug-likeness (QED) is 0.493. The summed E-state index contributed by atoms with van der Waals surface area (Å²) in [6.45, 7) is 0.204. The van der Waals surface area contributed by atoms with Crippen molar-refractivity contribution in [2.45, 2.75) is 12.6 Å². The molecule has 1 aliphatic rings. The monoisotopic (exact) mass is 403 g/mol. The van der Waals surface area contributed by atoms with E-state index in [1.807, 2.05) is 30.3 Å². The van der Waals surface area contributed by atoms with Crippen LogP contribution in [0.25, 0.3) is 11.0 Å². The molecule has 1 amide bonds. The Bertz CT molecular complexity index is 1350. The molecule has 0 aliphatic carbocycles. The second kappa shape index (κ2) is 6.91. The first kappa shape index (κ1) is 18.2. The van der Waals surface area contributed by atoms with E-state index in [4.69, 9.17) is 4.42 Å². The molecule has 0 saturated carbocycles. The summed E-state index contributed by atoms with van der Waals surface area (Å²) in [5, 5.41) is 0.0458. The van der Waals surface area contributed by atoms with Crippen LogP contribution in [0.4, 0.5) is 8.78 Å². The third kappa shape index (κ3) is 2.88. The zero-order valence-corrected chi connectivity index (χ0v) is 15.6. The molecule has 1 atom stereocenters. The number of hydrogen-bond acceptors (Lipinski definition) is 3. The fourth-order valence-electron chi connectivity index (χ4n) is 3.96. The number of hydrogen-bond donors (Lipinski definition) is 0. The topological polar surface area (TPSA) is 50.5 Å². The number of nitrogens with zero attached hydrogens (tertiary/aromatic N) is 1. The fourth-order valence-corrected chi connectivity index (χ4v) is 3.96. The molecule has 5 rings (SSSR count). The lowest BCUT2D eigenvalue weighted by molar-refractivity contribution is 0.0714. The standard InChI is InChI=1S/C24H15F2NO3/c25-16-8-4-7-15(11-16)21-20-22(28)18-12-17(26)9-10-19(18)30-23(20)24(29)27(21)13-14-5-2-1-3-6-14/h1-12,21H,13H2/t21-/m0/s1. The van der Waals surface area contributed by atoms with Gasteiger partial charge in [-0.05, 0) is 41.5 Å². The minimum absolute atomic E-state index is 0.0458. The van der Waals surface area contributed by atoms with Crippen LogP contribution in [-0.2, 0) is 6.54 Å². The minimum atomic E-state index is -0.840. The Morgan fingerprint density at radius 1 is 0.867 bits per heavy atom. The minimum Gasteiger partial charge on any atom is -0.450 e. The summed E-state index contributed by atoms with van der Waals surface area (Å²) < 4.78 is 33.5. The van der Waals surface area contributed by atoms with Crippen molar-refractivity contribution < 1.29 is 18.0 Å². The molecule has 0 saturated heterocycles. The third-order valence-electron chi connectivity index (χ3n) is 5.29. The van der Waals surface area contributed by atoms with Gasteiger partial charge in [0.05, 0.1) is 17.0 Å². The van der Waals surface area contributed by atoms with Crippen molar-refractivity contribution in [2.75, 3.05) is 0 Å². The first-order chi connectivity index (χ1) is 14.5. The summed E-state index contributed by atoms with van der Waals surface area (Å²) in [5.41, 5.74) is 1.03. The molecule has 6 heteroatoms. The summed E-state index contributed by atoms with van der Waals surface area (Å²) in [6, 6.07) is 17.8. The van der Waals surface area contributed by atoms with Crippen LogP contribution in [0.5, 0.6) is 0 Å². The van der Waals surface area contributed by atoms with Gasteiger partial charge in [0.2, 0.25) is 5.76 Å². The molecular weight excluding hydrogens is 388 g/mol. The number of benzene rings is 3. The first-order valence-corrected chi connectivity index (χ1v) is 9.39. The second-order valence-corrected chi connectivity index (χ2v) is 7.19. The largest absolute Gasteiger partial charge is 0.450 e. The SMILES string of the molecule is O=C1c2oc3ccc(F)cc3c(=O)c2[C@H](c2cccc(F)c2)N1Cc1ccccc1. The Balaban J connectivity index is 1.75. The van der Waals surface area contributed by atoms with E-state index in [0.717, 1.165) is 11.6 Å². The molecule has 4 aromatic rings. The van der Waals surface area contributed by atoms with E-state index in [2.05, 4.69) is 0 Å². The van der Waals surface area contributed by atoms with Crippen LogP contribution in [-0.4, -0.2) is 10.8 Å². The van der Waals surface area contributed by atoms with Crippen LogP contribution in [0.2, 0.25) is 0 Å². The predicted molar refractivity (Wildman–Crippen MR) is 107 cm³/mol. The summed E-state index contributed by atoms with van der Waals surface area (Å²) >= 11 is 0. The molecule has 0 spiro atoms. The average Bonchev–Trinajstić information content (AvgIpc) is 3.02. The Morgan fingerprint density at radius 3 is 2.40 bits per heavy atom. The van der Waals surface area contributed by atoms with Gasteiger partial charge in [-0.1, -0.05) is 42.5 Å². The maximum atomic E-state index is 14.0. The van der Waals surface area contributed by atoms with Crippen molar-refractivity contribution in [3.8, 4) is 0 Å². The summed E-state index contributed by atoms with van der Waals surface area (Å²) in [5.74, 6) is -1.62. The van der Waals surface area contributed by atoms with Crippen molar-refractivity contribution in [3.05, 3.63) is 117 Å².